The molecule has 25 heavy (non-hydrogen) atoms. The molecule has 6 nitrogen and oxygen atoms in total. The highest BCUT2D eigenvalue weighted by Crippen LogP contribution is 2.08. The van der Waals surface area contributed by atoms with E-state index in [-0.39, 0.29) is 17.6 Å². The van der Waals surface area contributed by atoms with Gasteiger partial charge in [0.25, 0.3) is 5.91 Å². The molecule has 132 valence electrons. The number of nitrogens with one attached hydrogen (secondary N) is 2. The summed E-state index contributed by atoms with van der Waals surface area (Å²) >= 11 is 0. The van der Waals surface area contributed by atoms with Crippen molar-refractivity contribution < 1.29 is 23.3 Å². The van der Waals surface area contributed by atoms with Gasteiger partial charge in [-0.1, -0.05) is 0 Å². The lowest BCUT2D eigenvalue weighted by Crippen LogP contribution is -3.15. The van der Waals surface area contributed by atoms with Crippen LogP contribution in [0.2, 0.25) is 0 Å². The van der Waals surface area contributed by atoms with Crippen molar-refractivity contribution >= 4 is 17.5 Å². The predicted octanol–water partition coefficient (Wildman–Crippen LogP) is 0.788. The van der Waals surface area contributed by atoms with Crippen molar-refractivity contribution in [2.75, 3.05) is 38.0 Å². The second kappa shape index (κ2) is 7.94. The molecule has 1 aromatic carbocycles. The van der Waals surface area contributed by atoms with Gasteiger partial charge >= 0.3 is 0 Å². The maximum absolute atomic E-state index is 12.8. The van der Waals surface area contributed by atoms with E-state index >= 15 is 0 Å². The van der Waals surface area contributed by atoms with E-state index in [1.165, 1.54) is 23.3 Å². The van der Waals surface area contributed by atoms with Gasteiger partial charge in [0.15, 0.2) is 5.76 Å². The first kappa shape index (κ1) is 17.2. The summed E-state index contributed by atoms with van der Waals surface area (Å²) in [5.74, 6) is -0.141. The van der Waals surface area contributed by atoms with E-state index < -0.39 is 0 Å². The van der Waals surface area contributed by atoms with E-state index in [4.69, 9.17) is 4.42 Å². The summed E-state index contributed by atoms with van der Waals surface area (Å²) in [6, 6.07) is 9.08. The summed E-state index contributed by atoms with van der Waals surface area (Å²) in [5.41, 5.74) is 0.593. The van der Waals surface area contributed by atoms with Crippen molar-refractivity contribution in [2.24, 2.45) is 0 Å². The van der Waals surface area contributed by atoms with Gasteiger partial charge in [-0.2, -0.15) is 0 Å². The fourth-order valence-corrected chi connectivity index (χ4v) is 2.88. The Bertz CT molecular complexity index is 708. The first-order chi connectivity index (χ1) is 12.1. The van der Waals surface area contributed by atoms with Crippen LogP contribution < -0.4 is 10.2 Å². The lowest BCUT2D eigenvalue weighted by molar-refractivity contribution is -0.903. The van der Waals surface area contributed by atoms with Crippen LogP contribution in [0.25, 0.3) is 0 Å². The molecular formula is C18H21FN3O3+. The number of halogens is 1. The van der Waals surface area contributed by atoms with E-state index in [0.29, 0.717) is 37.5 Å². The van der Waals surface area contributed by atoms with Gasteiger partial charge in [-0.25, -0.2) is 4.39 Å². The predicted molar refractivity (Wildman–Crippen MR) is 89.8 cm³/mol. The highest BCUT2D eigenvalue weighted by Gasteiger charge is 2.26. The largest absolute Gasteiger partial charge is 0.459 e. The SMILES string of the molecule is O=C(CC[NH+]1CCN(C(=O)c2ccco2)CC1)Nc1ccc(F)cc1. The van der Waals surface area contributed by atoms with E-state index in [9.17, 15) is 14.0 Å². The molecule has 7 heteroatoms. The minimum absolute atomic E-state index is 0.0851. The van der Waals surface area contributed by atoms with Crippen LogP contribution in [0.1, 0.15) is 17.0 Å². The monoisotopic (exact) mass is 346 g/mol. The van der Waals surface area contributed by atoms with Gasteiger partial charge in [-0.3, -0.25) is 9.59 Å². The van der Waals surface area contributed by atoms with Gasteiger partial charge in [-0.15, -0.1) is 0 Å². The molecule has 2 aromatic rings. The maximum Gasteiger partial charge on any atom is 0.289 e. The molecule has 0 bridgehead atoms. The number of quaternary nitrogens is 1. The smallest absolute Gasteiger partial charge is 0.289 e. The van der Waals surface area contributed by atoms with Crippen molar-refractivity contribution in [2.45, 2.75) is 6.42 Å². The van der Waals surface area contributed by atoms with Gasteiger partial charge in [0.05, 0.1) is 45.4 Å². The average molecular weight is 346 g/mol. The number of nitrogens with zero attached hydrogens (tertiary/aromatic N) is 1. The number of piperazine rings is 1. The molecule has 2 amide bonds. The third-order valence-electron chi connectivity index (χ3n) is 4.32. The molecule has 0 unspecified atom stereocenters. The summed E-state index contributed by atoms with van der Waals surface area (Å²) in [5, 5.41) is 2.76. The third kappa shape index (κ3) is 4.67. The second-order valence-electron chi connectivity index (χ2n) is 6.07. The van der Waals surface area contributed by atoms with Crippen molar-refractivity contribution in [3.05, 3.63) is 54.2 Å². The Morgan fingerprint density at radius 2 is 1.88 bits per heavy atom. The van der Waals surface area contributed by atoms with E-state index in [1.54, 1.807) is 29.2 Å². The molecular weight excluding hydrogens is 325 g/mol. The lowest BCUT2D eigenvalue weighted by Gasteiger charge is -2.31. The summed E-state index contributed by atoms with van der Waals surface area (Å²) in [4.78, 5) is 27.2. The van der Waals surface area contributed by atoms with Crippen LogP contribution in [-0.2, 0) is 4.79 Å². The number of furan rings is 1. The molecule has 1 aromatic heterocycles. The maximum atomic E-state index is 12.8. The van der Waals surface area contributed by atoms with Gasteiger partial charge in [0.1, 0.15) is 5.82 Å². The minimum Gasteiger partial charge on any atom is -0.459 e. The molecule has 0 atom stereocenters. The Morgan fingerprint density at radius 3 is 2.52 bits per heavy atom. The number of benzene rings is 1. The second-order valence-corrected chi connectivity index (χ2v) is 6.07. The minimum atomic E-state index is -0.329. The number of anilines is 1. The number of hydrogen-bond acceptors (Lipinski definition) is 3. The highest BCUT2D eigenvalue weighted by molar-refractivity contribution is 5.91. The van der Waals surface area contributed by atoms with Gasteiger partial charge in [-0.05, 0) is 36.4 Å². The molecule has 1 saturated heterocycles. The Kier molecular flexibility index (Phi) is 5.45. The zero-order chi connectivity index (χ0) is 17.6. The van der Waals surface area contributed by atoms with Gasteiger partial charge in [0, 0.05) is 5.69 Å². The normalized spacial score (nSPS) is 15.2. The zero-order valence-corrected chi connectivity index (χ0v) is 13.8. The molecule has 0 radical (unpaired) electrons. The zero-order valence-electron chi connectivity index (χ0n) is 13.8. The molecule has 3 rings (SSSR count). The number of hydrogen-bond donors (Lipinski definition) is 2. The van der Waals surface area contributed by atoms with E-state index in [1.807, 2.05) is 0 Å². The van der Waals surface area contributed by atoms with Crippen LogP contribution >= 0.6 is 0 Å². The van der Waals surface area contributed by atoms with Crippen molar-refractivity contribution in [3.8, 4) is 0 Å². The summed E-state index contributed by atoms with van der Waals surface area (Å²) in [7, 11) is 0. The summed E-state index contributed by atoms with van der Waals surface area (Å²) in [6.45, 7) is 3.60. The van der Waals surface area contributed by atoms with Crippen LogP contribution in [0.15, 0.2) is 47.1 Å². The van der Waals surface area contributed by atoms with Crippen LogP contribution in [0, 0.1) is 5.82 Å². The summed E-state index contributed by atoms with van der Waals surface area (Å²) in [6.07, 6.45) is 1.88. The Morgan fingerprint density at radius 1 is 1.16 bits per heavy atom. The lowest BCUT2D eigenvalue weighted by atomic mass is 10.2. The van der Waals surface area contributed by atoms with Crippen LogP contribution in [0.4, 0.5) is 10.1 Å². The van der Waals surface area contributed by atoms with Crippen molar-refractivity contribution in [1.29, 1.82) is 0 Å². The molecule has 2 heterocycles. The molecule has 2 N–H and O–H groups in total. The van der Waals surface area contributed by atoms with E-state index in [0.717, 1.165) is 13.1 Å². The van der Waals surface area contributed by atoms with Crippen molar-refractivity contribution in [3.63, 3.8) is 0 Å². The third-order valence-corrected chi connectivity index (χ3v) is 4.32. The molecule has 0 spiro atoms. The Labute approximate surface area is 145 Å². The molecule has 0 saturated carbocycles. The number of amides is 2. The fraction of sp³-hybridized carbons (Fsp3) is 0.333. The molecule has 1 aliphatic heterocycles. The molecule has 1 fully saturated rings. The topological polar surface area (TPSA) is 67.0 Å². The Hall–Kier alpha value is -2.67. The first-order valence-corrected chi connectivity index (χ1v) is 8.33. The van der Waals surface area contributed by atoms with Crippen LogP contribution in [0.5, 0.6) is 0 Å². The van der Waals surface area contributed by atoms with E-state index in [2.05, 4.69) is 5.32 Å². The summed E-state index contributed by atoms with van der Waals surface area (Å²) < 4.78 is 18.0. The fourth-order valence-electron chi connectivity index (χ4n) is 2.88. The van der Waals surface area contributed by atoms with Crippen molar-refractivity contribution in [1.82, 2.24) is 4.90 Å². The first-order valence-electron chi connectivity index (χ1n) is 8.33. The number of carbonyl (C=O) groups excluding carboxylic acids is 2. The average Bonchev–Trinajstić information content (AvgIpc) is 3.16. The van der Waals surface area contributed by atoms with Crippen LogP contribution in [0.3, 0.4) is 0 Å². The highest BCUT2D eigenvalue weighted by atomic mass is 19.1. The molecule has 1 aliphatic rings. The van der Waals surface area contributed by atoms with Crippen LogP contribution in [-0.4, -0.2) is 49.4 Å². The van der Waals surface area contributed by atoms with Gasteiger partial charge in [0.2, 0.25) is 5.91 Å². The number of rotatable bonds is 5. The molecule has 0 aliphatic carbocycles. The quantitative estimate of drug-likeness (QED) is 0.841. The van der Waals surface area contributed by atoms with Gasteiger partial charge < -0.3 is 19.5 Å². The Balaban J connectivity index is 1.39. The number of carbonyl (C=O) groups is 2. The standard InChI is InChI=1S/C18H20FN3O3/c19-14-3-5-15(6-4-14)20-17(23)7-8-21-9-11-22(12-10-21)18(24)16-2-1-13-25-16/h1-6,13H,7-12H2,(H,20,23)/p+1.